The van der Waals surface area contributed by atoms with E-state index in [4.69, 9.17) is 4.98 Å². The Morgan fingerprint density at radius 3 is 2.44 bits per heavy atom. The highest BCUT2D eigenvalue weighted by molar-refractivity contribution is 7.11. The molecule has 0 aromatic carbocycles. The predicted octanol–water partition coefficient (Wildman–Crippen LogP) is 4.11. The maximum absolute atomic E-state index is 4.72. The summed E-state index contributed by atoms with van der Waals surface area (Å²) in [5.74, 6) is 0. The van der Waals surface area contributed by atoms with Gasteiger partial charge in [0.05, 0.1) is 10.7 Å². The average Bonchev–Trinajstić information content (AvgIpc) is 2.65. The highest BCUT2D eigenvalue weighted by Crippen LogP contribution is 2.34. The maximum atomic E-state index is 4.72. The zero-order chi connectivity index (χ0) is 13.6. The van der Waals surface area contributed by atoms with E-state index in [1.165, 1.54) is 41.3 Å². The molecule has 18 heavy (non-hydrogen) atoms. The molecule has 0 spiro atoms. The molecule has 1 heterocycles. The molecular weight excluding hydrogens is 240 g/mol. The molecule has 0 aliphatic rings. The van der Waals surface area contributed by atoms with Gasteiger partial charge in [0, 0.05) is 17.8 Å². The molecule has 0 aliphatic carbocycles. The molecule has 0 radical (unpaired) electrons. The van der Waals surface area contributed by atoms with Gasteiger partial charge < -0.3 is 5.32 Å². The first-order chi connectivity index (χ1) is 8.56. The Bertz CT molecular complexity index is 340. The topological polar surface area (TPSA) is 24.9 Å². The fraction of sp³-hybridized carbons (Fsp3) is 0.800. The van der Waals surface area contributed by atoms with Crippen LogP contribution in [-0.2, 0) is 6.42 Å². The van der Waals surface area contributed by atoms with Crippen molar-refractivity contribution in [1.29, 1.82) is 0 Å². The summed E-state index contributed by atoms with van der Waals surface area (Å²) in [6, 6.07) is 0. The van der Waals surface area contributed by atoms with E-state index in [1.54, 1.807) is 0 Å². The number of aromatic nitrogens is 1. The summed E-state index contributed by atoms with van der Waals surface area (Å²) in [4.78, 5) is 6.09. The maximum Gasteiger partial charge on any atom is 0.0936 e. The first-order valence-electron chi connectivity index (χ1n) is 7.14. The van der Waals surface area contributed by atoms with Crippen molar-refractivity contribution < 1.29 is 0 Å². The van der Waals surface area contributed by atoms with Gasteiger partial charge in [0.15, 0.2) is 0 Å². The van der Waals surface area contributed by atoms with Crippen LogP contribution in [-0.4, -0.2) is 18.6 Å². The lowest BCUT2D eigenvalue weighted by Crippen LogP contribution is -2.34. The molecule has 1 unspecified atom stereocenters. The van der Waals surface area contributed by atoms with E-state index < -0.39 is 0 Å². The number of nitrogens with one attached hydrogen (secondary N) is 1. The molecule has 0 fully saturated rings. The van der Waals surface area contributed by atoms with E-state index in [9.17, 15) is 0 Å². The standard InChI is InChI=1S/C15H28N2S/c1-6-8-9-15(7-2,11-16-5)10-14-17-12(3)13(4)18-14/h16H,6-11H2,1-5H3. The normalized spacial score (nSPS) is 14.7. The third kappa shape index (κ3) is 4.06. The molecule has 1 aromatic rings. The molecule has 0 bridgehead atoms. The fourth-order valence-electron chi connectivity index (χ4n) is 2.53. The van der Waals surface area contributed by atoms with Crippen LogP contribution in [0.15, 0.2) is 0 Å². The molecule has 1 atom stereocenters. The highest BCUT2D eigenvalue weighted by atomic mass is 32.1. The monoisotopic (exact) mass is 268 g/mol. The van der Waals surface area contributed by atoms with Crippen LogP contribution in [0.3, 0.4) is 0 Å². The first-order valence-corrected chi connectivity index (χ1v) is 7.96. The van der Waals surface area contributed by atoms with E-state index in [0.717, 1.165) is 13.0 Å². The third-order valence-corrected chi connectivity index (χ3v) is 5.03. The molecular formula is C15H28N2S. The second kappa shape index (κ2) is 7.25. The molecule has 1 aromatic heterocycles. The number of unbranched alkanes of at least 4 members (excludes halogenated alkanes) is 1. The summed E-state index contributed by atoms with van der Waals surface area (Å²) < 4.78 is 0. The number of hydrogen-bond donors (Lipinski definition) is 1. The van der Waals surface area contributed by atoms with Gasteiger partial charge >= 0.3 is 0 Å². The SMILES string of the molecule is CCCCC(CC)(CNC)Cc1nc(C)c(C)s1. The van der Waals surface area contributed by atoms with Gasteiger partial charge in [0.2, 0.25) is 0 Å². The van der Waals surface area contributed by atoms with Crippen molar-refractivity contribution in [2.24, 2.45) is 5.41 Å². The van der Waals surface area contributed by atoms with Gasteiger partial charge in [-0.05, 0) is 39.2 Å². The quantitative estimate of drug-likeness (QED) is 0.767. The number of nitrogens with zero attached hydrogens (tertiary/aromatic N) is 1. The Balaban J connectivity index is 2.81. The minimum atomic E-state index is 0.390. The van der Waals surface area contributed by atoms with E-state index >= 15 is 0 Å². The van der Waals surface area contributed by atoms with Crippen molar-refractivity contribution in [3.05, 3.63) is 15.6 Å². The lowest BCUT2D eigenvalue weighted by atomic mass is 9.77. The van der Waals surface area contributed by atoms with Crippen molar-refractivity contribution in [1.82, 2.24) is 10.3 Å². The van der Waals surface area contributed by atoms with Crippen LogP contribution in [0.1, 0.15) is 55.1 Å². The lowest BCUT2D eigenvalue weighted by molar-refractivity contribution is 0.234. The zero-order valence-electron chi connectivity index (χ0n) is 12.6. The van der Waals surface area contributed by atoms with Gasteiger partial charge in [-0.1, -0.05) is 26.7 Å². The van der Waals surface area contributed by atoms with E-state index in [0.29, 0.717) is 5.41 Å². The Labute approximate surface area is 116 Å². The van der Waals surface area contributed by atoms with Crippen molar-refractivity contribution >= 4 is 11.3 Å². The molecule has 0 saturated carbocycles. The van der Waals surface area contributed by atoms with Gasteiger partial charge in [-0.15, -0.1) is 11.3 Å². The number of rotatable bonds is 8. The summed E-state index contributed by atoms with van der Waals surface area (Å²) in [7, 11) is 2.06. The molecule has 0 amide bonds. The lowest BCUT2D eigenvalue weighted by Gasteiger charge is -2.32. The highest BCUT2D eigenvalue weighted by Gasteiger charge is 2.28. The van der Waals surface area contributed by atoms with Crippen molar-refractivity contribution in [3.63, 3.8) is 0 Å². The first kappa shape index (κ1) is 15.6. The largest absolute Gasteiger partial charge is 0.319 e. The Kier molecular flexibility index (Phi) is 6.30. The molecule has 3 heteroatoms. The Morgan fingerprint density at radius 1 is 1.28 bits per heavy atom. The number of thiazole rings is 1. The van der Waals surface area contributed by atoms with Gasteiger partial charge in [0.25, 0.3) is 0 Å². The minimum Gasteiger partial charge on any atom is -0.319 e. The van der Waals surface area contributed by atoms with Crippen LogP contribution in [0.25, 0.3) is 0 Å². The van der Waals surface area contributed by atoms with Gasteiger partial charge in [0.1, 0.15) is 0 Å². The van der Waals surface area contributed by atoms with Crippen molar-refractivity contribution in [2.45, 2.75) is 59.8 Å². The summed E-state index contributed by atoms with van der Waals surface area (Å²) in [6.45, 7) is 9.99. The smallest absolute Gasteiger partial charge is 0.0936 e. The van der Waals surface area contributed by atoms with E-state index in [2.05, 4.69) is 40.1 Å². The molecule has 1 N–H and O–H groups in total. The minimum absolute atomic E-state index is 0.390. The molecule has 0 saturated heterocycles. The van der Waals surface area contributed by atoms with Crippen LogP contribution < -0.4 is 5.32 Å². The second-order valence-corrected chi connectivity index (χ2v) is 6.70. The van der Waals surface area contributed by atoms with Crippen LogP contribution >= 0.6 is 11.3 Å². The summed E-state index contributed by atoms with van der Waals surface area (Å²) in [6.07, 6.45) is 6.26. The molecule has 104 valence electrons. The molecule has 1 rings (SSSR count). The van der Waals surface area contributed by atoms with Crippen LogP contribution in [0.5, 0.6) is 0 Å². The van der Waals surface area contributed by atoms with E-state index in [-0.39, 0.29) is 0 Å². The third-order valence-electron chi connectivity index (χ3n) is 3.96. The van der Waals surface area contributed by atoms with Crippen LogP contribution in [0, 0.1) is 19.3 Å². The number of aryl methyl sites for hydroxylation is 2. The van der Waals surface area contributed by atoms with Crippen LogP contribution in [0.2, 0.25) is 0 Å². The molecule has 0 aliphatic heterocycles. The summed E-state index contributed by atoms with van der Waals surface area (Å²) in [5.41, 5.74) is 1.60. The molecule has 2 nitrogen and oxygen atoms in total. The van der Waals surface area contributed by atoms with Crippen LogP contribution in [0.4, 0.5) is 0 Å². The summed E-state index contributed by atoms with van der Waals surface area (Å²) in [5, 5.41) is 4.70. The zero-order valence-corrected chi connectivity index (χ0v) is 13.4. The summed E-state index contributed by atoms with van der Waals surface area (Å²) >= 11 is 1.88. The second-order valence-electron chi connectivity index (χ2n) is 5.41. The van der Waals surface area contributed by atoms with E-state index in [1.807, 2.05) is 11.3 Å². The van der Waals surface area contributed by atoms with Gasteiger partial charge in [-0.2, -0.15) is 0 Å². The van der Waals surface area contributed by atoms with Gasteiger partial charge in [-0.25, -0.2) is 4.98 Å². The van der Waals surface area contributed by atoms with Crippen molar-refractivity contribution in [3.8, 4) is 0 Å². The predicted molar refractivity (Wildman–Crippen MR) is 81.5 cm³/mol. The fourth-order valence-corrected chi connectivity index (χ4v) is 3.64. The Hall–Kier alpha value is -0.410. The van der Waals surface area contributed by atoms with Crippen molar-refractivity contribution in [2.75, 3.05) is 13.6 Å². The Morgan fingerprint density at radius 2 is 2.00 bits per heavy atom. The number of hydrogen-bond acceptors (Lipinski definition) is 3. The van der Waals surface area contributed by atoms with Gasteiger partial charge in [-0.3, -0.25) is 0 Å². The average molecular weight is 268 g/mol.